The third-order valence-corrected chi connectivity index (χ3v) is 4.52. The molecule has 0 atom stereocenters. The first-order valence-corrected chi connectivity index (χ1v) is 8.36. The number of phenolic OH excluding ortho intramolecular Hbond substituents is 1. The molecule has 25 heavy (non-hydrogen) atoms. The third kappa shape index (κ3) is 4.35. The molecule has 7 nitrogen and oxygen atoms in total. The summed E-state index contributed by atoms with van der Waals surface area (Å²) in [4.78, 5) is 12.0. The average Bonchev–Trinajstić information content (AvgIpc) is 2.56. The average molecular weight is 430 g/mol. The minimum absolute atomic E-state index is 0.0159. The van der Waals surface area contributed by atoms with Gasteiger partial charge in [-0.25, -0.2) is 21.5 Å². The zero-order chi connectivity index (χ0) is 18.7. The molecule has 9 heteroatoms. The van der Waals surface area contributed by atoms with Gasteiger partial charge in [0, 0.05) is 23.2 Å². The number of carbonyl (C=O) groups is 1. The number of anilines is 1. The highest BCUT2D eigenvalue weighted by atomic mass is 79.9. The minimum Gasteiger partial charge on any atom is -0.506 e. The quantitative estimate of drug-likeness (QED) is 0.393. The van der Waals surface area contributed by atoms with E-state index >= 15 is 0 Å². The fraction of sp³-hybridized carbons (Fsp3) is 0.188. The molecule has 2 amide bonds. The summed E-state index contributed by atoms with van der Waals surface area (Å²) in [7, 11) is 1.40. The van der Waals surface area contributed by atoms with Crippen molar-refractivity contribution in [3.8, 4) is 11.5 Å². The molecule has 0 aliphatic carbocycles. The normalized spacial score (nSPS) is 10.5. The van der Waals surface area contributed by atoms with E-state index in [4.69, 9.17) is 28.0 Å². The summed E-state index contributed by atoms with van der Waals surface area (Å²) in [6.45, 7) is 1.91. The summed E-state index contributed by atoms with van der Waals surface area (Å²) in [5.74, 6) is 11.8. The highest BCUT2D eigenvalue weighted by Crippen LogP contribution is 2.33. The van der Waals surface area contributed by atoms with E-state index in [1.807, 2.05) is 6.07 Å². The molecule has 2 aromatic rings. The maximum absolute atomic E-state index is 12.0. The highest BCUT2D eigenvalue weighted by molar-refractivity contribution is 9.10. The van der Waals surface area contributed by atoms with Crippen LogP contribution in [-0.4, -0.2) is 23.2 Å². The molecule has 0 bridgehead atoms. The lowest BCUT2D eigenvalue weighted by Crippen LogP contribution is -2.49. The predicted octanol–water partition coefficient (Wildman–Crippen LogP) is 3.30. The maximum atomic E-state index is 12.0. The Morgan fingerprint density at radius 1 is 1.36 bits per heavy atom. The van der Waals surface area contributed by atoms with Gasteiger partial charge in [-0.05, 0) is 30.7 Å². The fourth-order valence-electron chi connectivity index (χ4n) is 2.14. The number of urea groups is 1. The van der Waals surface area contributed by atoms with Crippen LogP contribution in [0.4, 0.5) is 10.5 Å². The Hall–Kier alpha value is -2.00. The first-order valence-electron chi connectivity index (χ1n) is 7.19. The van der Waals surface area contributed by atoms with Crippen molar-refractivity contribution >= 4 is 39.2 Å². The molecule has 0 aliphatic heterocycles. The molecule has 0 spiro atoms. The largest absolute Gasteiger partial charge is 0.506 e. The number of nitrogens with two attached hydrogens (primary N) is 2. The van der Waals surface area contributed by atoms with Crippen molar-refractivity contribution in [3.63, 3.8) is 0 Å². The van der Waals surface area contributed by atoms with Crippen LogP contribution in [0.2, 0.25) is 5.02 Å². The van der Waals surface area contributed by atoms with E-state index in [1.54, 1.807) is 19.1 Å². The van der Waals surface area contributed by atoms with Gasteiger partial charge in [-0.2, -0.15) is 0 Å². The Balaban J connectivity index is 2.31. The molecule has 0 fully saturated rings. The number of ether oxygens (including phenoxy) is 1. The Morgan fingerprint density at radius 3 is 2.68 bits per heavy atom. The number of hydrogen-bond donors (Lipinski definition) is 3. The van der Waals surface area contributed by atoms with Crippen LogP contribution in [-0.2, 0) is 6.61 Å². The summed E-state index contributed by atoms with van der Waals surface area (Å²) in [5, 5.41) is 11.6. The van der Waals surface area contributed by atoms with Gasteiger partial charge >= 0.3 is 6.03 Å². The monoisotopic (exact) mass is 428 g/mol. The van der Waals surface area contributed by atoms with Crippen molar-refractivity contribution in [3.05, 3.63) is 51.0 Å². The van der Waals surface area contributed by atoms with Gasteiger partial charge in [0.15, 0.2) is 0 Å². The first kappa shape index (κ1) is 19.3. The lowest BCUT2D eigenvalue weighted by molar-refractivity contribution is 0.216. The van der Waals surface area contributed by atoms with Crippen LogP contribution in [0.5, 0.6) is 11.5 Å². The van der Waals surface area contributed by atoms with Crippen molar-refractivity contribution in [2.75, 3.05) is 12.1 Å². The van der Waals surface area contributed by atoms with Crippen molar-refractivity contribution in [1.29, 1.82) is 0 Å². The number of nitrogens with zero attached hydrogens (tertiary/aromatic N) is 2. The van der Waals surface area contributed by atoms with Gasteiger partial charge in [0.2, 0.25) is 0 Å². The number of hydrazine groups is 2. The molecule has 0 unspecified atom stereocenters. The number of aryl methyl sites for hydroxylation is 1. The van der Waals surface area contributed by atoms with Crippen LogP contribution in [0, 0.1) is 6.92 Å². The van der Waals surface area contributed by atoms with Crippen molar-refractivity contribution in [2.24, 2.45) is 11.7 Å². The van der Waals surface area contributed by atoms with E-state index < -0.39 is 6.03 Å². The number of carbonyl (C=O) groups excluding carboxylic acids is 1. The molecule has 2 aromatic carbocycles. The molecule has 0 saturated heterocycles. The van der Waals surface area contributed by atoms with Gasteiger partial charge in [0.1, 0.15) is 18.1 Å². The van der Waals surface area contributed by atoms with E-state index in [2.05, 4.69) is 15.9 Å². The van der Waals surface area contributed by atoms with E-state index in [9.17, 15) is 9.90 Å². The third-order valence-electron chi connectivity index (χ3n) is 3.48. The number of aromatic hydroxyl groups is 1. The van der Waals surface area contributed by atoms with Crippen LogP contribution in [0.15, 0.2) is 34.8 Å². The minimum atomic E-state index is -0.580. The Morgan fingerprint density at radius 2 is 2.04 bits per heavy atom. The molecule has 0 radical (unpaired) electrons. The number of phenols is 1. The van der Waals surface area contributed by atoms with E-state index in [0.717, 1.165) is 20.1 Å². The molecular weight excluding hydrogens is 412 g/mol. The summed E-state index contributed by atoms with van der Waals surface area (Å²) < 4.78 is 6.52. The fourth-order valence-corrected chi connectivity index (χ4v) is 2.77. The highest BCUT2D eigenvalue weighted by Gasteiger charge is 2.19. The topological polar surface area (TPSA) is 105 Å². The Labute approximate surface area is 158 Å². The van der Waals surface area contributed by atoms with Crippen LogP contribution < -0.4 is 21.4 Å². The van der Waals surface area contributed by atoms with Crippen LogP contribution in [0.25, 0.3) is 0 Å². The second-order valence-electron chi connectivity index (χ2n) is 5.36. The molecule has 134 valence electrons. The molecule has 2 rings (SSSR count). The van der Waals surface area contributed by atoms with Crippen LogP contribution in [0.3, 0.4) is 0 Å². The van der Waals surface area contributed by atoms with Gasteiger partial charge in [-0.3, -0.25) is 5.01 Å². The summed E-state index contributed by atoms with van der Waals surface area (Å²) in [6, 6.07) is 7.70. The SMILES string of the molecule is Cc1cc(O)c(Cl)cc1OCc1c(Br)cccc1N(N)C(=O)N(C)N. The standard InChI is InChI=1S/C16H18BrClN4O3/c1-9-6-14(23)12(18)7-15(9)25-8-10-11(17)4-3-5-13(10)22(20)16(24)21(2)19/h3-7,23H,8,19-20H2,1-2H3. The van der Waals surface area contributed by atoms with Gasteiger partial charge in [-0.1, -0.05) is 33.6 Å². The lowest BCUT2D eigenvalue weighted by Gasteiger charge is -2.24. The van der Waals surface area contributed by atoms with Crippen LogP contribution >= 0.6 is 27.5 Å². The van der Waals surface area contributed by atoms with Gasteiger partial charge < -0.3 is 9.84 Å². The summed E-state index contributed by atoms with van der Waals surface area (Å²) >= 11 is 9.36. The number of hydrogen-bond acceptors (Lipinski definition) is 5. The summed E-state index contributed by atoms with van der Waals surface area (Å²) in [5.41, 5.74) is 1.82. The Bertz CT molecular complexity index is 801. The number of amides is 2. The second-order valence-corrected chi connectivity index (χ2v) is 6.62. The molecule has 5 N–H and O–H groups in total. The van der Waals surface area contributed by atoms with E-state index in [0.29, 0.717) is 17.0 Å². The Kier molecular flexibility index (Phi) is 6.12. The molecule has 0 aromatic heterocycles. The van der Waals surface area contributed by atoms with Crippen molar-refractivity contribution in [2.45, 2.75) is 13.5 Å². The molecule has 0 saturated carbocycles. The lowest BCUT2D eigenvalue weighted by atomic mass is 10.1. The van der Waals surface area contributed by atoms with Gasteiger partial charge in [0.25, 0.3) is 0 Å². The van der Waals surface area contributed by atoms with E-state index in [-0.39, 0.29) is 17.4 Å². The molecule has 0 heterocycles. The van der Waals surface area contributed by atoms with Crippen molar-refractivity contribution < 1.29 is 14.6 Å². The molecular formula is C16H18BrClN4O3. The van der Waals surface area contributed by atoms with Crippen LogP contribution in [0.1, 0.15) is 11.1 Å². The van der Waals surface area contributed by atoms with Crippen molar-refractivity contribution in [1.82, 2.24) is 5.01 Å². The zero-order valence-corrected chi connectivity index (χ0v) is 16.0. The first-order chi connectivity index (χ1) is 11.7. The van der Waals surface area contributed by atoms with Gasteiger partial charge in [0.05, 0.1) is 10.7 Å². The maximum Gasteiger partial charge on any atom is 0.352 e. The van der Waals surface area contributed by atoms with E-state index in [1.165, 1.54) is 19.2 Å². The smallest absolute Gasteiger partial charge is 0.352 e. The number of rotatable bonds is 4. The number of benzene rings is 2. The number of halogens is 2. The summed E-state index contributed by atoms with van der Waals surface area (Å²) in [6.07, 6.45) is 0. The predicted molar refractivity (Wildman–Crippen MR) is 100 cm³/mol. The zero-order valence-electron chi connectivity index (χ0n) is 13.7. The van der Waals surface area contributed by atoms with Gasteiger partial charge in [-0.15, -0.1) is 0 Å². The molecule has 0 aliphatic rings. The second kappa shape index (κ2) is 7.92.